The number of likely N-dealkylation sites (tertiary alicyclic amines) is 1. The van der Waals surface area contributed by atoms with Crippen LogP contribution in [0.25, 0.3) is 0 Å². The first-order valence-electron chi connectivity index (χ1n) is 12.5. The van der Waals surface area contributed by atoms with Gasteiger partial charge < -0.3 is 14.4 Å². The summed E-state index contributed by atoms with van der Waals surface area (Å²) in [5.41, 5.74) is -1.13. The number of hydrogen-bond donors (Lipinski definition) is 1. The molecule has 2 aliphatic rings. The van der Waals surface area contributed by atoms with Crippen molar-refractivity contribution in [1.82, 2.24) is 4.90 Å². The largest absolute Gasteiger partial charge is 0.468 e. The number of benzene rings is 3. The van der Waals surface area contributed by atoms with Crippen molar-refractivity contribution in [3.05, 3.63) is 99.0 Å². The number of hydrogen-bond acceptors (Lipinski definition) is 5. The number of anilines is 1. The monoisotopic (exact) mass is 588 g/mol. The SMILES string of the molecule is COC(=O)C(CC(=O)N1CCC2(CC1)OC(=O)Nc1ccc(F)cc12)(c1ccc(F)cc1)c1ccc(Cl)c(Cl)c1. The van der Waals surface area contributed by atoms with Crippen LogP contribution in [-0.2, 0) is 30.1 Å². The molecular formula is C29H24Cl2F2N2O5. The first kappa shape index (κ1) is 27.9. The summed E-state index contributed by atoms with van der Waals surface area (Å²) in [7, 11) is 1.20. The molecule has 0 radical (unpaired) electrons. The van der Waals surface area contributed by atoms with E-state index in [0.717, 1.165) is 0 Å². The van der Waals surface area contributed by atoms with Gasteiger partial charge in [-0.15, -0.1) is 0 Å². The van der Waals surface area contributed by atoms with Crippen LogP contribution in [0.2, 0.25) is 10.0 Å². The van der Waals surface area contributed by atoms with E-state index in [4.69, 9.17) is 32.7 Å². The molecule has 1 spiro atoms. The Morgan fingerprint density at radius 2 is 1.62 bits per heavy atom. The number of nitrogens with one attached hydrogen (secondary N) is 1. The number of rotatable bonds is 5. The zero-order chi connectivity index (χ0) is 28.7. The van der Waals surface area contributed by atoms with E-state index in [9.17, 15) is 23.2 Å². The molecule has 2 heterocycles. The minimum absolute atomic E-state index is 0.167. The van der Waals surface area contributed by atoms with Gasteiger partial charge in [-0.05, 0) is 53.6 Å². The van der Waals surface area contributed by atoms with Crippen LogP contribution >= 0.6 is 23.2 Å². The van der Waals surface area contributed by atoms with Gasteiger partial charge in [0.1, 0.15) is 22.7 Å². The maximum Gasteiger partial charge on any atom is 0.412 e. The van der Waals surface area contributed by atoms with Gasteiger partial charge in [-0.1, -0.05) is 41.4 Å². The van der Waals surface area contributed by atoms with Crippen molar-refractivity contribution in [2.75, 3.05) is 25.5 Å². The Labute approximate surface area is 239 Å². The normalized spacial score (nSPS) is 17.3. The minimum atomic E-state index is -1.67. The average molecular weight is 589 g/mol. The van der Waals surface area contributed by atoms with Gasteiger partial charge >= 0.3 is 12.1 Å². The zero-order valence-electron chi connectivity index (χ0n) is 21.3. The van der Waals surface area contributed by atoms with E-state index in [-0.39, 0.29) is 42.4 Å². The molecule has 1 N–H and O–H groups in total. The van der Waals surface area contributed by atoms with E-state index >= 15 is 0 Å². The van der Waals surface area contributed by atoms with Crippen molar-refractivity contribution in [2.24, 2.45) is 0 Å². The van der Waals surface area contributed by atoms with Gasteiger partial charge in [0.2, 0.25) is 5.91 Å². The van der Waals surface area contributed by atoms with E-state index in [2.05, 4.69) is 5.32 Å². The summed E-state index contributed by atoms with van der Waals surface area (Å²) in [6, 6.07) is 13.9. The van der Waals surface area contributed by atoms with Gasteiger partial charge in [0.05, 0.1) is 29.3 Å². The molecule has 40 heavy (non-hydrogen) atoms. The van der Waals surface area contributed by atoms with Crippen LogP contribution in [0.3, 0.4) is 0 Å². The fourth-order valence-electron chi connectivity index (χ4n) is 5.55. The molecule has 2 aliphatic heterocycles. The lowest BCUT2D eigenvalue weighted by Gasteiger charge is -2.44. The molecule has 1 unspecified atom stereocenters. The van der Waals surface area contributed by atoms with Gasteiger partial charge in [0, 0.05) is 31.5 Å². The lowest BCUT2D eigenvalue weighted by atomic mass is 9.71. The fraction of sp³-hybridized carbons (Fsp3) is 0.276. The molecule has 0 aromatic heterocycles. The summed E-state index contributed by atoms with van der Waals surface area (Å²) >= 11 is 12.4. The van der Waals surface area contributed by atoms with Crippen molar-refractivity contribution in [3.63, 3.8) is 0 Å². The highest BCUT2D eigenvalue weighted by atomic mass is 35.5. The second kappa shape index (κ2) is 10.7. The van der Waals surface area contributed by atoms with E-state index in [1.807, 2.05) is 0 Å². The molecular weight excluding hydrogens is 565 g/mol. The molecule has 208 valence electrons. The summed E-state index contributed by atoms with van der Waals surface area (Å²) in [6.45, 7) is 0.341. The number of piperidine rings is 1. The Hall–Kier alpha value is -3.69. The summed E-state index contributed by atoms with van der Waals surface area (Å²) in [4.78, 5) is 41.2. The molecule has 3 aromatic rings. The molecule has 5 rings (SSSR count). The summed E-state index contributed by atoms with van der Waals surface area (Å²) in [6.07, 6.45) is -0.573. The third-order valence-electron chi connectivity index (χ3n) is 7.62. The summed E-state index contributed by atoms with van der Waals surface area (Å²) in [5.74, 6) is -2.12. The highest BCUT2D eigenvalue weighted by molar-refractivity contribution is 6.42. The molecule has 1 atom stereocenters. The average Bonchev–Trinajstić information content (AvgIpc) is 2.94. The number of carbonyl (C=O) groups excluding carboxylic acids is 3. The van der Waals surface area contributed by atoms with Crippen molar-refractivity contribution in [1.29, 1.82) is 0 Å². The predicted octanol–water partition coefficient (Wildman–Crippen LogP) is 6.20. The molecule has 1 saturated heterocycles. The van der Waals surface area contributed by atoms with Crippen molar-refractivity contribution in [3.8, 4) is 0 Å². The molecule has 0 bridgehead atoms. The number of methoxy groups -OCH3 is 1. The van der Waals surface area contributed by atoms with Gasteiger partial charge in [0.25, 0.3) is 0 Å². The van der Waals surface area contributed by atoms with Gasteiger partial charge in [-0.25, -0.2) is 13.6 Å². The lowest BCUT2D eigenvalue weighted by Crippen LogP contribution is -2.51. The number of nitrogens with zero attached hydrogens (tertiary/aromatic N) is 1. The third kappa shape index (κ3) is 4.88. The Kier molecular flexibility index (Phi) is 7.46. The summed E-state index contributed by atoms with van der Waals surface area (Å²) < 4.78 is 38.8. The molecule has 3 aromatic carbocycles. The van der Waals surface area contributed by atoms with Crippen LogP contribution in [0.5, 0.6) is 0 Å². The fourth-order valence-corrected chi connectivity index (χ4v) is 5.84. The molecule has 7 nitrogen and oxygen atoms in total. The molecule has 0 saturated carbocycles. The maximum atomic E-state index is 14.1. The number of amides is 2. The van der Waals surface area contributed by atoms with E-state index in [1.165, 1.54) is 61.7 Å². The highest BCUT2D eigenvalue weighted by Crippen LogP contribution is 2.45. The number of halogens is 4. The Balaban J connectivity index is 1.48. The number of carbonyl (C=O) groups is 3. The standard InChI is InChI=1S/C29H24Cl2F2N2O5/c1-39-26(37)29(17-2-5-19(32)6-3-17,18-4-8-22(30)23(31)14-18)16-25(36)35-12-10-28(11-13-35)21-15-20(33)7-9-24(21)34-27(38)40-28/h2-9,14-15H,10-13,16H2,1H3,(H,34,38). The van der Waals surface area contributed by atoms with Crippen LogP contribution in [-0.4, -0.2) is 43.1 Å². The van der Waals surface area contributed by atoms with Gasteiger partial charge in [0.15, 0.2) is 0 Å². The molecule has 0 aliphatic carbocycles. The van der Waals surface area contributed by atoms with Crippen LogP contribution in [0.4, 0.5) is 19.3 Å². The highest BCUT2D eigenvalue weighted by Gasteiger charge is 2.49. The third-order valence-corrected chi connectivity index (χ3v) is 8.36. The van der Waals surface area contributed by atoms with E-state index in [1.54, 1.807) is 11.0 Å². The predicted molar refractivity (Wildman–Crippen MR) is 144 cm³/mol. The number of ether oxygens (including phenoxy) is 2. The second-order valence-corrected chi connectivity index (χ2v) is 10.6. The maximum absolute atomic E-state index is 14.1. The summed E-state index contributed by atoms with van der Waals surface area (Å²) in [5, 5.41) is 3.01. The Bertz CT molecular complexity index is 1490. The van der Waals surface area contributed by atoms with Crippen LogP contribution < -0.4 is 5.32 Å². The van der Waals surface area contributed by atoms with Gasteiger partial charge in [-0.3, -0.25) is 14.9 Å². The lowest BCUT2D eigenvalue weighted by molar-refractivity contribution is -0.150. The number of fused-ring (bicyclic) bond motifs is 2. The molecule has 11 heteroatoms. The minimum Gasteiger partial charge on any atom is -0.468 e. The smallest absolute Gasteiger partial charge is 0.412 e. The van der Waals surface area contributed by atoms with Crippen LogP contribution in [0, 0.1) is 11.6 Å². The number of esters is 1. The van der Waals surface area contributed by atoms with E-state index in [0.29, 0.717) is 22.4 Å². The topological polar surface area (TPSA) is 84.9 Å². The zero-order valence-corrected chi connectivity index (χ0v) is 22.8. The Morgan fingerprint density at radius 1 is 0.975 bits per heavy atom. The van der Waals surface area contributed by atoms with Crippen molar-refractivity contribution >= 4 is 46.9 Å². The first-order chi connectivity index (χ1) is 19.1. The quantitative estimate of drug-likeness (QED) is 0.359. The Morgan fingerprint density at radius 3 is 2.27 bits per heavy atom. The first-order valence-corrected chi connectivity index (χ1v) is 13.2. The van der Waals surface area contributed by atoms with Crippen molar-refractivity contribution in [2.45, 2.75) is 30.3 Å². The van der Waals surface area contributed by atoms with E-state index < -0.39 is 40.6 Å². The van der Waals surface area contributed by atoms with Gasteiger partial charge in [-0.2, -0.15) is 0 Å². The second-order valence-electron chi connectivity index (χ2n) is 9.79. The van der Waals surface area contributed by atoms with Crippen LogP contribution in [0.15, 0.2) is 60.7 Å². The molecule has 1 fully saturated rings. The van der Waals surface area contributed by atoms with Crippen molar-refractivity contribution < 1.29 is 32.6 Å². The van der Waals surface area contributed by atoms with Crippen LogP contribution in [0.1, 0.15) is 36.0 Å². The molecule has 2 amide bonds.